The smallest absolute Gasteiger partial charge is 0.211 e. The molecule has 0 aliphatic heterocycles. The van der Waals surface area contributed by atoms with Gasteiger partial charge in [0.2, 0.25) is 11.6 Å². The van der Waals surface area contributed by atoms with Crippen LogP contribution in [0.5, 0.6) is 0 Å². The van der Waals surface area contributed by atoms with Crippen LogP contribution in [-0.4, -0.2) is 22.3 Å². The maximum absolute atomic E-state index is 12.7. The highest BCUT2D eigenvalue weighted by atomic mass is 35.5. The lowest BCUT2D eigenvalue weighted by atomic mass is 9.92. The maximum atomic E-state index is 12.7. The van der Waals surface area contributed by atoms with E-state index in [4.69, 9.17) is 11.6 Å². The van der Waals surface area contributed by atoms with Crippen LogP contribution in [0.15, 0.2) is 83.7 Å². The number of aromatic nitrogens is 1. The standard InChI is InChI=1S/C23H15ClN2O3/c24-20-21(23(29)17-6-2-1-5-16(17)22(20)28)26-15-10-8-14(9-11-15)13-19(27)18-7-3-4-12-25-18/h1-12,26H,13H2. The molecule has 0 spiro atoms. The van der Waals surface area contributed by atoms with E-state index < -0.39 is 0 Å². The normalized spacial score (nSPS) is 13.3. The molecular formula is C23H15ClN2O3. The Balaban J connectivity index is 1.52. The van der Waals surface area contributed by atoms with Crippen LogP contribution in [0.25, 0.3) is 0 Å². The molecule has 4 rings (SSSR count). The van der Waals surface area contributed by atoms with Gasteiger partial charge in [0.15, 0.2) is 5.78 Å². The van der Waals surface area contributed by atoms with E-state index in [0.717, 1.165) is 5.56 Å². The van der Waals surface area contributed by atoms with E-state index in [-0.39, 0.29) is 34.5 Å². The summed E-state index contributed by atoms with van der Waals surface area (Å²) in [7, 11) is 0. The molecule has 142 valence electrons. The number of nitrogens with one attached hydrogen (secondary N) is 1. The number of carbonyl (C=O) groups excluding carboxylic acids is 3. The Morgan fingerprint density at radius 3 is 2.17 bits per heavy atom. The SMILES string of the molecule is O=C(Cc1ccc(NC2=C(Cl)C(=O)c3ccccc3C2=O)cc1)c1ccccn1. The van der Waals surface area contributed by atoms with E-state index in [2.05, 4.69) is 10.3 Å². The van der Waals surface area contributed by atoms with Crippen molar-refractivity contribution in [2.24, 2.45) is 0 Å². The summed E-state index contributed by atoms with van der Waals surface area (Å²) in [6, 6.07) is 18.8. The van der Waals surface area contributed by atoms with Crippen LogP contribution in [-0.2, 0) is 6.42 Å². The van der Waals surface area contributed by atoms with E-state index in [0.29, 0.717) is 22.5 Å². The lowest BCUT2D eigenvalue weighted by molar-refractivity contribution is 0.0982. The topological polar surface area (TPSA) is 76.1 Å². The molecule has 6 heteroatoms. The third-order valence-corrected chi connectivity index (χ3v) is 4.96. The van der Waals surface area contributed by atoms with Gasteiger partial charge in [-0.2, -0.15) is 0 Å². The minimum absolute atomic E-state index is 0.0488. The number of halogens is 1. The van der Waals surface area contributed by atoms with Crippen molar-refractivity contribution >= 4 is 34.6 Å². The van der Waals surface area contributed by atoms with Crippen molar-refractivity contribution in [3.05, 3.63) is 106 Å². The van der Waals surface area contributed by atoms with E-state index in [1.54, 1.807) is 72.9 Å². The predicted octanol–water partition coefficient (Wildman–Crippen LogP) is 4.45. The van der Waals surface area contributed by atoms with Gasteiger partial charge in [0, 0.05) is 29.4 Å². The number of Topliss-reactive ketones (excluding diaryl/α,β-unsaturated/α-hetero) is 3. The molecule has 0 amide bonds. The average Bonchev–Trinajstić information content (AvgIpc) is 2.77. The Kier molecular flexibility index (Phi) is 5.06. The van der Waals surface area contributed by atoms with Gasteiger partial charge in [-0.1, -0.05) is 54.1 Å². The number of benzene rings is 2. The first-order valence-corrected chi connectivity index (χ1v) is 9.31. The molecule has 0 bridgehead atoms. The highest BCUT2D eigenvalue weighted by molar-refractivity contribution is 6.50. The molecule has 1 heterocycles. The van der Waals surface area contributed by atoms with Gasteiger partial charge in [0.25, 0.3) is 0 Å². The van der Waals surface area contributed by atoms with E-state index in [1.807, 2.05) is 0 Å². The van der Waals surface area contributed by atoms with Gasteiger partial charge in [0.05, 0.1) is 0 Å². The van der Waals surface area contributed by atoms with Crippen molar-refractivity contribution in [1.29, 1.82) is 0 Å². The van der Waals surface area contributed by atoms with E-state index in [9.17, 15) is 14.4 Å². The average molecular weight is 403 g/mol. The number of nitrogens with zero attached hydrogens (tertiary/aromatic N) is 1. The third-order valence-electron chi connectivity index (χ3n) is 4.60. The molecule has 0 radical (unpaired) electrons. The lowest BCUT2D eigenvalue weighted by Crippen LogP contribution is -2.24. The van der Waals surface area contributed by atoms with E-state index >= 15 is 0 Å². The molecular weight excluding hydrogens is 388 g/mol. The maximum Gasteiger partial charge on any atom is 0.211 e. The summed E-state index contributed by atoms with van der Waals surface area (Å²) in [4.78, 5) is 41.5. The van der Waals surface area contributed by atoms with Crippen LogP contribution >= 0.6 is 11.6 Å². The summed E-state index contributed by atoms with van der Waals surface area (Å²) >= 11 is 6.17. The van der Waals surface area contributed by atoms with Crippen molar-refractivity contribution in [2.75, 3.05) is 5.32 Å². The number of pyridine rings is 1. The highest BCUT2D eigenvalue weighted by Gasteiger charge is 2.31. The first-order chi connectivity index (χ1) is 14.0. The van der Waals surface area contributed by atoms with Crippen LogP contribution in [0.1, 0.15) is 36.8 Å². The van der Waals surface area contributed by atoms with Crippen molar-refractivity contribution in [3.8, 4) is 0 Å². The number of anilines is 1. The van der Waals surface area contributed by atoms with Crippen LogP contribution in [0.2, 0.25) is 0 Å². The van der Waals surface area contributed by atoms with Gasteiger partial charge in [-0.3, -0.25) is 19.4 Å². The first-order valence-electron chi connectivity index (χ1n) is 8.93. The minimum atomic E-state index is -0.387. The Hall–Kier alpha value is -3.57. The molecule has 29 heavy (non-hydrogen) atoms. The second-order valence-electron chi connectivity index (χ2n) is 6.53. The van der Waals surface area contributed by atoms with Gasteiger partial charge in [-0.25, -0.2) is 0 Å². The Morgan fingerprint density at radius 1 is 0.862 bits per heavy atom. The summed E-state index contributed by atoms with van der Waals surface area (Å²) in [5, 5.41) is 2.81. The summed E-state index contributed by atoms with van der Waals surface area (Å²) in [5.74, 6) is -0.803. The van der Waals surface area contributed by atoms with Gasteiger partial charge >= 0.3 is 0 Å². The summed E-state index contributed by atoms with van der Waals surface area (Å²) in [6.45, 7) is 0. The highest BCUT2D eigenvalue weighted by Crippen LogP contribution is 2.29. The van der Waals surface area contributed by atoms with Crippen LogP contribution in [0.4, 0.5) is 5.69 Å². The van der Waals surface area contributed by atoms with Crippen LogP contribution in [0.3, 0.4) is 0 Å². The van der Waals surface area contributed by atoms with Gasteiger partial charge in [-0.05, 0) is 29.8 Å². The molecule has 3 aromatic rings. The molecule has 0 unspecified atom stereocenters. The van der Waals surface area contributed by atoms with Crippen molar-refractivity contribution < 1.29 is 14.4 Å². The fourth-order valence-corrected chi connectivity index (χ4v) is 3.35. The third kappa shape index (κ3) is 3.73. The molecule has 0 saturated heterocycles. The van der Waals surface area contributed by atoms with Crippen molar-refractivity contribution in [2.45, 2.75) is 6.42 Å². The van der Waals surface area contributed by atoms with Crippen molar-refractivity contribution in [3.63, 3.8) is 0 Å². The summed E-state index contributed by atoms with van der Waals surface area (Å²) < 4.78 is 0. The zero-order valence-corrected chi connectivity index (χ0v) is 15.9. The Morgan fingerprint density at radius 2 is 1.52 bits per heavy atom. The predicted molar refractivity (Wildman–Crippen MR) is 110 cm³/mol. The fraction of sp³-hybridized carbons (Fsp3) is 0.0435. The molecule has 0 atom stereocenters. The number of rotatable bonds is 5. The number of ketones is 3. The second kappa shape index (κ2) is 7.81. The molecule has 0 fully saturated rings. The molecule has 2 aromatic carbocycles. The van der Waals surface area contributed by atoms with Crippen LogP contribution in [0, 0.1) is 0 Å². The zero-order valence-electron chi connectivity index (χ0n) is 15.2. The largest absolute Gasteiger partial charge is 0.351 e. The minimum Gasteiger partial charge on any atom is -0.351 e. The zero-order chi connectivity index (χ0) is 20.4. The fourth-order valence-electron chi connectivity index (χ4n) is 3.11. The molecule has 5 nitrogen and oxygen atoms in total. The van der Waals surface area contributed by atoms with Gasteiger partial charge < -0.3 is 5.32 Å². The quantitative estimate of drug-likeness (QED) is 0.638. The molecule has 1 aromatic heterocycles. The molecule has 1 aliphatic rings. The second-order valence-corrected chi connectivity index (χ2v) is 6.91. The first kappa shape index (κ1) is 18.8. The van der Waals surface area contributed by atoms with Crippen molar-refractivity contribution in [1.82, 2.24) is 4.98 Å². The Bertz CT molecular complexity index is 1150. The number of fused-ring (bicyclic) bond motifs is 1. The summed E-state index contributed by atoms with van der Waals surface area (Å²) in [6.07, 6.45) is 1.80. The molecule has 1 N–H and O–H groups in total. The summed E-state index contributed by atoms with van der Waals surface area (Å²) in [5.41, 5.74) is 2.48. The van der Waals surface area contributed by atoms with Gasteiger partial charge in [-0.15, -0.1) is 0 Å². The lowest BCUT2D eigenvalue weighted by Gasteiger charge is -2.19. The number of allylic oxidation sites excluding steroid dienone is 2. The number of hydrogen-bond donors (Lipinski definition) is 1. The number of carbonyl (C=O) groups is 3. The monoisotopic (exact) mass is 402 g/mol. The number of hydrogen-bond acceptors (Lipinski definition) is 5. The Labute approximate surface area is 172 Å². The van der Waals surface area contributed by atoms with Gasteiger partial charge in [0.1, 0.15) is 16.4 Å². The molecule has 0 saturated carbocycles. The van der Waals surface area contributed by atoms with Crippen LogP contribution < -0.4 is 5.32 Å². The molecule has 1 aliphatic carbocycles. The van der Waals surface area contributed by atoms with E-state index in [1.165, 1.54) is 0 Å².